The first kappa shape index (κ1) is 18.2. The number of carbonyl (C=O) groups is 1. The van der Waals surface area contributed by atoms with Crippen molar-refractivity contribution in [2.24, 2.45) is 0 Å². The van der Waals surface area contributed by atoms with Gasteiger partial charge < -0.3 is 20.1 Å². The van der Waals surface area contributed by atoms with Crippen LogP contribution in [0.5, 0.6) is 0 Å². The Balaban J connectivity index is 1.64. The largest absolute Gasteiger partial charge is 0.444 e. The summed E-state index contributed by atoms with van der Waals surface area (Å²) < 4.78 is 32.0. The Bertz CT molecular complexity index is 848. The fraction of sp³-hybridized carbons (Fsp3) is 0.471. The number of nitrogens with zero attached hydrogens (tertiary/aromatic N) is 3. The molecule has 1 amide bonds. The SMILES string of the molecule is CC(C)(C)OC(=O)N1CC(O)(CNc2ncnc3cc(F)c(F)cc23)C1. The van der Waals surface area contributed by atoms with Crippen LogP contribution in [0.15, 0.2) is 18.5 Å². The van der Waals surface area contributed by atoms with Gasteiger partial charge in [0.1, 0.15) is 23.3 Å². The van der Waals surface area contributed by atoms with E-state index in [4.69, 9.17) is 4.74 Å². The van der Waals surface area contributed by atoms with Crippen LogP contribution in [0, 0.1) is 11.6 Å². The fourth-order valence-electron chi connectivity index (χ4n) is 2.67. The number of likely N-dealkylation sites (tertiary alicyclic amines) is 1. The number of halogens is 2. The van der Waals surface area contributed by atoms with E-state index in [9.17, 15) is 18.7 Å². The van der Waals surface area contributed by atoms with Crippen LogP contribution in [0.3, 0.4) is 0 Å². The molecule has 26 heavy (non-hydrogen) atoms. The molecule has 1 saturated heterocycles. The van der Waals surface area contributed by atoms with E-state index in [-0.39, 0.29) is 31.0 Å². The van der Waals surface area contributed by atoms with Crippen LogP contribution in [0.2, 0.25) is 0 Å². The first-order valence-electron chi connectivity index (χ1n) is 8.10. The smallest absolute Gasteiger partial charge is 0.410 e. The normalized spacial score (nSPS) is 16.3. The first-order valence-corrected chi connectivity index (χ1v) is 8.10. The van der Waals surface area contributed by atoms with E-state index in [1.807, 2.05) is 0 Å². The van der Waals surface area contributed by atoms with E-state index in [1.54, 1.807) is 20.8 Å². The van der Waals surface area contributed by atoms with Gasteiger partial charge in [0.2, 0.25) is 0 Å². The van der Waals surface area contributed by atoms with E-state index in [0.717, 1.165) is 12.1 Å². The van der Waals surface area contributed by atoms with Crippen molar-refractivity contribution in [2.45, 2.75) is 32.0 Å². The molecule has 3 rings (SSSR count). The van der Waals surface area contributed by atoms with Gasteiger partial charge in [-0.1, -0.05) is 0 Å². The Morgan fingerprint density at radius 1 is 1.31 bits per heavy atom. The molecule has 2 N–H and O–H groups in total. The van der Waals surface area contributed by atoms with Crippen LogP contribution >= 0.6 is 0 Å². The molecule has 140 valence electrons. The standard InChI is InChI=1S/C17H20F2N4O3/c1-16(2,3)26-15(24)23-7-17(25,8-23)6-20-14-10-4-11(18)12(19)5-13(10)21-9-22-14/h4-5,9,25H,6-8H2,1-3H3,(H,20,21,22). The quantitative estimate of drug-likeness (QED) is 0.867. The summed E-state index contributed by atoms with van der Waals surface area (Å²) in [6.07, 6.45) is 0.729. The predicted molar refractivity (Wildman–Crippen MR) is 90.7 cm³/mol. The van der Waals surface area contributed by atoms with Crippen LogP contribution in [0.1, 0.15) is 20.8 Å². The molecule has 1 aromatic carbocycles. The van der Waals surface area contributed by atoms with Gasteiger partial charge in [-0.15, -0.1) is 0 Å². The Kier molecular flexibility index (Phi) is 4.43. The maximum absolute atomic E-state index is 13.5. The molecule has 9 heteroatoms. The van der Waals surface area contributed by atoms with Gasteiger partial charge in [-0.05, 0) is 26.8 Å². The van der Waals surface area contributed by atoms with E-state index < -0.39 is 28.9 Å². The Hall–Kier alpha value is -2.55. The molecular weight excluding hydrogens is 346 g/mol. The number of hydrogen-bond donors (Lipinski definition) is 2. The maximum atomic E-state index is 13.5. The number of amides is 1. The van der Waals surface area contributed by atoms with Gasteiger partial charge in [0.05, 0.1) is 18.6 Å². The second kappa shape index (κ2) is 6.31. The van der Waals surface area contributed by atoms with Crippen molar-refractivity contribution in [1.29, 1.82) is 0 Å². The van der Waals surface area contributed by atoms with E-state index >= 15 is 0 Å². The molecule has 1 aliphatic rings. The second-order valence-electron chi connectivity index (χ2n) is 7.42. The molecule has 1 fully saturated rings. The zero-order valence-electron chi connectivity index (χ0n) is 14.7. The van der Waals surface area contributed by atoms with Crippen molar-refractivity contribution in [3.8, 4) is 0 Å². The van der Waals surface area contributed by atoms with Crippen molar-refractivity contribution in [3.05, 3.63) is 30.1 Å². The molecule has 0 aliphatic carbocycles. The number of benzene rings is 1. The number of carbonyl (C=O) groups excluding carboxylic acids is 1. The van der Waals surface area contributed by atoms with Crippen molar-refractivity contribution < 1.29 is 23.4 Å². The van der Waals surface area contributed by atoms with Gasteiger partial charge in [0, 0.05) is 18.0 Å². The molecule has 0 unspecified atom stereocenters. The molecule has 0 radical (unpaired) electrons. The van der Waals surface area contributed by atoms with Crippen LogP contribution in [-0.4, -0.2) is 56.9 Å². The van der Waals surface area contributed by atoms with Crippen molar-refractivity contribution in [1.82, 2.24) is 14.9 Å². The summed E-state index contributed by atoms with van der Waals surface area (Å²) in [5, 5.41) is 13.7. The predicted octanol–water partition coefficient (Wildman–Crippen LogP) is 2.30. The molecule has 0 spiro atoms. The topological polar surface area (TPSA) is 87.6 Å². The minimum Gasteiger partial charge on any atom is -0.444 e. The summed E-state index contributed by atoms with van der Waals surface area (Å²) in [4.78, 5) is 21.2. The lowest BCUT2D eigenvalue weighted by Crippen LogP contribution is -2.66. The number of aliphatic hydroxyl groups is 1. The van der Waals surface area contributed by atoms with Gasteiger partial charge in [0.15, 0.2) is 11.6 Å². The lowest BCUT2D eigenvalue weighted by atomic mass is 9.94. The van der Waals surface area contributed by atoms with Gasteiger partial charge in [-0.2, -0.15) is 0 Å². The summed E-state index contributed by atoms with van der Waals surface area (Å²) in [6.45, 7) is 5.57. The third-order valence-corrected chi connectivity index (χ3v) is 3.88. The van der Waals surface area contributed by atoms with Crippen LogP contribution < -0.4 is 5.32 Å². The number of hydrogen-bond acceptors (Lipinski definition) is 6. The molecule has 1 aliphatic heterocycles. The summed E-state index contributed by atoms with van der Waals surface area (Å²) in [5.74, 6) is -1.72. The van der Waals surface area contributed by atoms with E-state index in [1.165, 1.54) is 11.2 Å². The number of nitrogens with one attached hydrogen (secondary N) is 1. The van der Waals surface area contributed by atoms with E-state index in [0.29, 0.717) is 5.39 Å². The van der Waals surface area contributed by atoms with Gasteiger partial charge >= 0.3 is 6.09 Å². The Labute approximate surface area is 149 Å². The van der Waals surface area contributed by atoms with Crippen molar-refractivity contribution in [2.75, 3.05) is 25.0 Å². The maximum Gasteiger partial charge on any atom is 0.410 e. The minimum atomic E-state index is -1.16. The lowest BCUT2D eigenvalue weighted by molar-refractivity contribution is -0.0895. The second-order valence-corrected chi connectivity index (χ2v) is 7.42. The zero-order chi connectivity index (χ0) is 19.1. The molecular formula is C17H20F2N4O3. The highest BCUT2D eigenvalue weighted by molar-refractivity contribution is 5.88. The number of aromatic nitrogens is 2. The van der Waals surface area contributed by atoms with E-state index in [2.05, 4.69) is 15.3 Å². The van der Waals surface area contributed by atoms with Crippen LogP contribution in [0.25, 0.3) is 10.9 Å². The van der Waals surface area contributed by atoms with Gasteiger partial charge in [-0.25, -0.2) is 23.5 Å². The third kappa shape index (κ3) is 3.82. The molecule has 2 aromatic rings. The average Bonchev–Trinajstić information content (AvgIpc) is 2.49. The highest BCUT2D eigenvalue weighted by Gasteiger charge is 2.45. The molecule has 0 atom stereocenters. The van der Waals surface area contributed by atoms with Crippen molar-refractivity contribution >= 4 is 22.8 Å². The Morgan fingerprint density at radius 3 is 2.62 bits per heavy atom. The first-order chi connectivity index (χ1) is 12.1. The highest BCUT2D eigenvalue weighted by atomic mass is 19.2. The third-order valence-electron chi connectivity index (χ3n) is 3.88. The molecule has 2 heterocycles. The molecule has 1 aromatic heterocycles. The van der Waals surface area contributed by atoms with Gasteiger partial charge in [-0.3, -0.25) is 0 Å². The minimum absolute atomic E-state index is 0.0808. The average molecular weight is 366 g/mol. The molecule has 0 saturated carbocycles. The molecule has 0 bridgehead atoms. The Morgan fingerprint density at radius 2 is 1.96 bits per heavy atom. The summed E-state index contributed by atoms with van der Waals surface area (Å²) in [7, 11) is 0. The number of anilines is 1. The summed E-state index contributed by atoms with van der Waals surface area (Å²) in [5.41, 5.74) is -1.52. The monoisotopic (exact) mass is 366 g/mol. The fourth-order valence-corrected chi connectivity index (χ4v) is 2.67. The van der Waals surface area contributed by atoms with Crippen molar-refractivity contribution in [3.63, 3.8) is 0 Å². The summed E-state index contributed by atoms with van der Waals surface area (Å²) in [6, 6.07) is 1.99. The number of β-amino-alcohol motifs (C(OH)–C–C–N with tert-alkyl or cyclic N) is 1. The lowest BCUT2D eigenvalue weighted by Gasteiger charge is -2.46. The summed E-state index contributed by atoms with van der Waals surface area (Å²) >= 11 is 0. The number of rotatable bonds is 3. The highest BCUT2D eigenvalue weighted by Crippen LogP contribution is 2.26. The van der Waals surface area contributed by atoms with Crippen LogP contribution in [-0.2, 0) is 4.74 Å². The zero-order valence-corrected chi connectivity index (χ0v) is 14.7. The number of fused-ring (bicyclic) bond motifs is 1. The molecule has 7 nitrogen and oxygen atoms in total. The van der Waals surface area contributed by atoms with Crippen LogP contribution in [0.4, 0.5) is 19.4 Å². The van der Waals surface area contributed by atoms with Gasteiger partial charge in [0.25, 0.3) is 0 Å². The number of ether oxygens (including phenoxy) is 1.